The summed E-state index contributed by atoms with van der Waals surface area (Å²) in [7, 11) is 1.77. The molecule has 0 bridgehead atoms. The molecule has 2 aromatic heterocycles. The molecule has 1 N–H and O–H groups in total. The van der Waals surface area contributed by atoms with Gasteiger partial charge in [0.1, 0.15) is 5.82 Å². The number of pyridine rings is 1. The molecular weight excluding hydrogens is 372 g/mol. The van der Waals surface area contributed by atoms with Gasteiger partial charge in [-0.2, -0.15) is 0 Å². The Bertz CT molecular complexity index is 828. The third kappa shape index (κ3) is 4.11. The number of hydrogen-bond acceptors (Lipinski definition) is 5. The molecule has 1 amide bonds. The summed E-state index contributed by atoms with van der Waals surface area (Å²) in [6.07, 6.45) is 2.79. The molecule has 0 unspecified atom stereocenters. The number of thiophene rings is 1. The van der Waals surface area contributed by atoms with Crippen LogP contribution >= 0.6 is 11.3 Å². The van der Waals surface area contributed by atoms with Crippen LogP contribution < -0.4 is 10.2 Å². The van der Waals surface area contributed by atoms with Crippen molar-refractivity contribution < 1.29 is 4.79 Å². The van der Waals surface area contributed by atoms with Crippen molar-refractivity contribution in [3.8, 4) is 0 Å². The van der Waals surface area contributed by atoms with Crippen LogP contribution in [0.3, 0.4) is 0 Å². The summed E-state index contributed by atoms with van der Waals surface area (Å²) in [6.45, 7) is 5.29. The van der Waals surface area contributed by atoms with Crippen molar-refractivity contribution in [2.24, 2.45) is 4.99 Å². The van der Waals surface area contributed by atoms with E-state index < -0.39 is 0 Å². The lowest BCUT2D eigenvalue weighted by atomic mass is 10.1. The highest BCUT2D eigenvalue weighted by molar-refractivity contribution is 7.10. The van der Waals surface area contributed by atoms with Gasteiger partial charge in [-0.15, -0.1) is 11.3 Å². The SMILES string of the molecule is CN=C(NCC(=O)N1CCc2sccc2C1)N1CCN(c2ccccn2)CC1. The average molecular weight is 399 g/mol. The summed E-state index contributed by atoms with van der Waals surface area (Å²) in [4.78, 5) is 29.3. The summed E-state index contributed by atoms with van der Waals surface area (Å²) in [5.41, 5.74) is 1.29. The van der Waals surface area contributed by atoms with Crippen LogP contribution in [-0.2, 0) is 17.8 Å². The summed E-state index contributed by atoms with van der Waals surface area (Å²) < 4.78 is 0. The van der Waals surface area contributed by atoms with Gasteiger partial charge in [0.05, 0.1) is 6.54 Å². The fourth-order valence-electron chi connectivity index (χ4n) is 3.75. The van der Waals surface area contributed by atoms with Crippen LogP contribution in [0.1, 0.15) is 10.4 Å². The third-order valence-corrected chi connectivity index (χ3v) is 6.35. The van der Waals surface area contributed by atoms with Gasteiger partial charge >= 0.3 is 0 Å². The van der Waals surface area contributed by atoms with Crippen LogP contribution in [0.2, 0.25) is 0 Å². The van der Waals surface area contributed by atoms with E-state index >= 15 is 0 Å². The molecule has 28 heavy (non-hydrogen) atoms. The lowest BCUT2D eigenvalue weighted by Crippen LogP contribution is -2.54. The van der Waals surface area contributed by atoms with Gasteiger partial charge in [0.15, 0.2) is 5.96 Å². The smallest absolute Gasteiger partial charge is 0.242 e. The van der Waals surface area contributed by atoms with E-state index in [4.69, 9.17) is 0 Å². The lowest BCUT2D eigenvalue weighted by molar-refractivity contribution is -0.130. The normalized spacial score (nSPS) is 17.5. The van der Waals surface area contributed by atoms with E-state index in [1.54, 1.807) is 18.4 Å². The minimum atomic E-state index is 0.130. The standard InChI is InChI=1S/C20H26N6OS/c1-21-20(25-11-9-24(10-12-25)18-4-2-3-7-22-18)23-14-19(27)26-8-5-17-16(15-26)6-13-28-17/h2-4,6-7,13H,5,8-12,14-15H2,1H3,(H,21,23). The molecule has 0 spiro atoms. The van der Waals surface area contributed by atoms with Gasteiger partial charge in [-0.05, 0) is 35.6 Å². The van der Waals surface area contributed by atoms with Crippen LogP contribution in [0, 0.1) is 0 Å². The Morgan fingerprint density at radius 3 is 2.79 bits per heavy atom. The van der Waals surface area contributed by atoms with Crippen LogP contribution in [0.25, 0.3) is 0 Å². The van der Waals surface area contributed by atoms with Crippen LogP contribution in [0.4, 0.5) is 5.82 Å². The maximum absolute atomic E-state index is 12.6. The molecule has 2 aliphatic rings. The molecule has 4 heterocycles. The molecule has 0 aromatic carbocycles. The van der Waals surface area contributed by atoms with Crippen molar-refractivity contribution in [1.29, 1.82) is 0 Å². The van der Waals surface area contributed by atoms with Gasteiger partial charge in [-0.3, -0.25) is 9.79 Å². The Kier molecular flexibility index (Phi) is 5.76. The predicted octanol–water partition coefficient (Wildman–Crippen LogP) is 1.43. The molecule has 8 heteroatoms. The predicted molar refractivity (Wildman–Crippen MR) is 113 cm³/mol. The summed E-state index contributed by atoms with van der Waals surface area (Å²) in [5.74, 6) is 1.94. The van der Waals surface area contributed by atoms with Crippen molar-refractivity contribution in [3.63, 3.8) is 0 Å². The van der Waals surface area contributed by atoms with Crippen LogP contribution in [0.5, 0.6) is 0 Å². The number of amides is 1. The van der Waals surface area contributed by atoms with Crippen molar-refractivity contribution in [2.45, 2.75) is 13.0 Å². The second-order valence-corrected chi connectivity index (χ2v) is 8.00. The molecule has 2 aromatic rings. The van der Waals surface area contributed by atoms with E-state index in [2.05, 4.69) is 36.5 Å². The monoisotopic (exact) mass is 398 g/mol. The Morgan fingerprint density at radius 1 is 1.18 bits per heavy atom. The van der Waals surface area contributed by atoms with Gasteiger partial charge < -0.3 is 20.0 Å². The number of piperazine rings is 1. The van der Waals surface area contributed by atoms with E-state index in [1.807, 2.05) is 29.3 Å². The minimum Gasteiger partial charge on any atom is -0.353 e. The summed E-state index contributed by atoms with van der Waals surface area (Å²) in [5, 5.41) is 5.38. The number of nitrogens with zero attached hydrogens (tertiary/aromatic N) is 5. The molecule has 2 aliphatic heterocycles. The molecule has 148 valence electrons. The highest BCUT2D eigenvalue weighted by Gasteiger charge is 2.23. The molecule has 0 atom stereocenters. The summed E-state index contributed by atoms with van der Waals surface area (Å²) in [6, 6.07) is 8.12. The Hall–Kier alpha value is -2.61. The maximum Gasteiger partial charge on any atom is 0.242 e. The highest BCUT2D eigenvalue weighted by Crippen LogP contribution is 2.23. The number of guanidine groups is 1. The number of rotatable bonds is 3. The fourth-order valence-corrected chi connectivity index (χ4v) is 4.64. The average Bonchev–Trinajstić information content (AvgIpc) is 3.23. The Morgan fingerprint density at radius 2 is 2.04 bits per heavy atom. The van der Waals surface area contributed by atoms with Gasteiger partial charge in [0.2, 0.25) is 5.91 Å². The van der Waals surface area contributed by atoms with E-state index in [0.717, 1.165) is 57.5 Å². The molecule has 4 rings (SSSR count). The van der Waals surface area contributed by atoms with Crippen LogP contribution in [-0.4, -0.2) is 73.0 Å². The highest BCUT2D eigenvalue weighted by atomic mass is 32.1. The zero-order valence-corrected chi connectivity index (χ0v) is 17.0. The number of aliphatic imine (C=N–C) groups is 1. The molecular formula is C20H26N6OS. The number of aromatic nitrogens is 1. The zero-order chi connectivity index (χ0) is 19.3. The van der Waals surface area contributed by atoms with E-state index in [-0.39, 0.29) is 12.5 Å². The van der Waals surface area contributed by atoms with Crippen molar-refractivity contribution in [3.05, 3.63) is 46.3 Å². The first-order valence-corrected chi connectivity index (χ1v) is 10.6. The van der Waals surface area contributed by atoms with E-state index in [9.17, 15) is 4.79 Å². The minimum absolute atomic E-state index is 0.130. The number of carbonyl (C=O) groups excluding carboxylic acids is 1. The first-order chi connectivity index (χ1) is 13.7. The first kappa shape index (κ1) is 18.7. The first-order valence-electron chi connectivity index (χ1n) is 9.69. The number of carbonyl (C=O) groups is 1. The topological polar surface area (TPSA) is 64.1 Å². The molecule has 7 nitrogen and oxygen atoms in total. The Labute approximate surface area is 169 Å². The number of nitrogens with one attached hydrogen (secondary N) is 1. The van der Waals surface area contributed by atoms with Gasteiger partial charge in [0, 0.05) is 57.4 Å². The van der Waals surface area contributed by atoms with Crippen LogP contribution in [0.15, 0.2) is 40.8 Å². The quantitative estimate of drug-likeness (QED) is 0.626. The number of fused-ring (bicyclic) bond motifs is 1. The van der Waals surface area contributed by atoms with Gasteiger partial charge in [-0.25, -0.2) is 4.98 Å². The third-order valence-electron chi connectivity index (χ3n) is 5.32. The van der Waals surface area contributed by atoms with Gasteiger partial charge in [0.25, 0.3) is 0 Å². The fraction of sp³-hybridized carbons (Fsp3) is 0.450. The number of anilines is 1. The molecule has 0 radical (unpaired) electrons. The molecule has 0 aliphatic carbocycles. The molecule has 0 saturated carbocycles. The van der Waals surface area contributed by atoms with Crippen molar-refractivity contribution in [2.75, 3.05) is 51.2 Å². The maximum atomic E-state index is 12.6. The second-order valence-electron chi connectivity index (χ2n) is 7.00. The largest absolute Gasteiger partial charge is 0.353 e. The van der Waals surface area contributed by atoms with Crippen molar-refractivity contribution >= 4 is 29.0 Å². The van der Waals surface area contributed by atoms with E-state index in [0.29, 0.717) is 0 Å². The lowest BCUT2D eigenvalue weighted by Gasteiger charge is -2.37. The molecule has 1 saturated heterocycles. The van der Waals surface area contributed by atoms with Crippen molar-refractivity contribution in [1.82, 2.24) is 20.1 Å². The van der Waals surface area contributed by atoms with E-state index in [1.165, 1.54) is 10.4 Å². The molecule has 1 fully saturated rings. The summed E-state index contributed by atoms with van der Waals surface area (Å²) >= 11 is 1.79. The zero-order valence-electron chi connectivity index (χ0n) is 16.2. The number of hydrogen-bond donors (Lipinski definition) is 1. The second kappa shape index (κ2) is 8.60. The van der Waals surface area contributed by atoms with Gasteiger partial charge in [-0.1, -0.05) is 6.07 Å². The Balaban J connectivity index is 1.27.